The van der Waals surface area contributed by atoms with Gasteiger partial charge in [0.05, 0.1) is 0 Å². The fraction of sp³-hybridized carbons (Fsp3) is 0.900. The predicted octanol–water partition coefficient (Wildman–Crippen LogP) is 2.19. The lowest BCUT2D eigenvalue weighted by Crippen LogP contribution is -2.30. The molecule has 72 valence electrons. The highest BCUT2D eigenvalue weighted by Gasteiger charge is 2.11. The fourth-order valence-corrected chi connectivity index (χ4v) is 0.765. The van der Waals surface area contributed by atoms with Crippen molar-refractivity contribution in [3.8, 4) is 0 Å². The van der Waals surface area contributed by atoms with Crippen molar-refractivity contribution >= 4 is 5.91 Å². The van der Waals surface area contributed by atoms with Crippen LogP contribution in [0.15, 0.2) is 0 Å². The van der Waals surface area contributed by atoms with E-state index in [2.05, 4.69) is 26.1 Å². The maximum atomic E-state index is 11.1. The SMILES string of the molecule is CC(C)C(=O)NCCC(C)(C)C. The third kappa shape index (κ3) is 6.20. The molecule has 0 aromatic carbocycles. The zero-order valence-electron chi connectivity index (χ0n) is 8.90. The van der Waals surface area contributed by atoms with Gasteiger partial charge in [0.15, 0.2) is 0 Å². The van der Waals surface area contributed by atoms with Gasteiger partial charge in [-0.15, -0.1) is 0 Å². The maximum absolute atomic E-state index is 11.1. The molecule has 0 saturated heterocycles. The van der Waals surface area contributed by atoms with Crippen molar-refractivity contribution in [2.24, 2.45) is 11.3 Å². The highest BCUT2D eigenvalue weighted by Crippen LogP contribution is 2.16. The van der Waals surface area contributed by atoms with Crippen LogP contribution in [0.4, 0.5) is 0 Å². The largest absolute Gasteiger partial charge is 0.356 e. The molecular weight excluding hydrogens is 150 g/mol. The Bertz CT molecular complexity index is 144. The Morgan fingerprint density at radius 2 is 1.83 bits per heavy atom. The standard InChI is InChI=1S/C10H21NO/c1-8(2)9(12)11-7-6-10(3,4)5/h8H,6-7H2,1-5H3,(H,11,12). The maximum Gasteiger partial charge on any atom is 0.222 e. The first-order valence-corrected chi connectivity index (χ1v) is 4.60. The number of nitrogens with one attached hydrogen (secondary N) is 1. The van der Waals surface area contributed by atoms with Crippen LogP contribution in [0.25, 0.3) is 0 Å². The fourth-order valence-electron chi connectivity index (χ4n) is 0.765. The van der Waals surface area contributed by atoms with Gasteiger partial charge in [0.2, 0.25) is 5.91 Å². The van der Waals surface area contributed by atoms with Gasteiger partial charge in [0, 0.05) is 12.5 Å². The van der Waals surface area contributed by atoms with Crippen LogP contribution in [0.1, 0.15) is 41.0 Å². The zero-order chi connectivity index (χ0) is 9.78. The van der Waals surface area contributed by atoms with E-state index in [0.29, 0.717) is 5.41 Å². The van der Waals surface area contributed by atoms with Crippen molar-refractivity contribution in [3.63, 3.8) is 0 Å². The van der Waals surface area contributed by atoms with Crippen LogP contribution in [0, 0.1) is 11.3 Å². The molecule has 0 rings (SSSR count). The average molecular weight is 171 g/mol. The molecule has 0 fully saturated rings. The van der Waals surface area contributed by atoms with Crippen molar-refractivity contribution in [1.29, 1.82) is 0 Å². The first-order valence-electron chi connectivity index (χ1n) is 4.60. The van der Waals surface area contributed by atoms with Gasteiger partial charge in [-0.2, -0.15) is 0 Å². The van der Waals surface area contributed by atoms with E-state index in [1.165, 1.54) is 0 Å². The van der Waals surface area contributed by atoms with Crippen molar-refractivity contribution in [1.82, 2.24) is 5.32 Å². The molecule has 0 heterocycles. The lowest BCUT2D eigenvalue weighted by atomic mass is 9.92. The first-order chi connectivity index (χ1) is 5.33. The minimum atomic E-state index is 0.102. The summed E-state index contributed by atoms with van der Waals surface area (Å²) in [5.41, 5.74) is 0.310. The molecule has 0 aliphatic carbocycles. The van der Waals surface area contributed by atoms with Crippen molar-refractivity contribution in [2.45, 2.75) is 41.0 Å². The van der Waals surface area contributed by atoms with Crippen LogP contribution in [-0.4, -0.2) is 12.5 Å². The van der Waals surface area contributed by atoms with E-state index in [1.807, 2.05) is 13.8 Å². The Morgan fingerprint density at radius 3 is 2.17 bits per heavy atom. The van der Waals surface area contributed by atoms with Crippen LogP contribution in [0.3, 0.4) is 0 Å². The van der Waals surface area contributed by atoms with Crippen molar-refractivity contribution in [2.75, 3.05) is 6.54 Å². The molecule has 0 bridgehead atoms. The quantitative estimate of drug-likeness (QED) is 0.693. The summed E-state index contributed by atoms with van der Waals surface area (Å²) >= 11 is 0. The van der Waals surface area contributed by atoms with E-state index < -0.39 is 0 Å². The van der Waals surface area contributed by atoms with Gasteiger partial charge in [-0.1, -0.05) is 34.6 Å². The molecule has 12 heavy (non-hydrogen) atoms. The zero-order valence-corrected chi connectivity index (χ0v) is 8.90. The number of hydrogen-bond acceptors (Lipinski definition) is 1. The van der Waals surface area contributed by atoms with E-state index in [9.17, 15) is 4.79 Å². The van der Waals surface area contributed by atoms with Crippen molar-refractivity contribution < 1.29 is 4.79 Å². The van der Waals surface area contributed by atoms with Crippen LogP contribution in [-0.2, 0) is 4.79 Å². The number of carbonyl (C=O) groups excluding carboxylic acids is 1. The summed E-state index contributed by atoms with van der Waals surface area (Å²) < 4.78 is 0. The number of hydrogen-bond donors (Lipinski definition) is 1. The molecule has 1 amide bonds. The second-order valence-corrected chi connectivity index (χ2v) is 4.76. The lowest BCUT2D eigenvalue weighted by molar-refractivity contribution is -0.124. The van der Waals surface area contributed by atoms with Gasteiger partial charge in [-0.3, -0.25) is 4.79 Å². The third-order valence-corrected chi connectivity index (χ3v) is 1.70. The molecule has 2 heteroatoms. The van der Waals surface area contributed by atoms with Gasteiger partial charge >= 0.3 is 0 Å². The highest BCUT2D eigenvalue weighted by atomic mass is 16.1. The summed E-state index contributed by atoms with van der Waals surface area (Å²) in [5.74, 6) is 0.254. The highest BCUT2D eigenvalue weighted by molar-refractivity contribution is 5.77. The normalized spacial score (nSPS) is 11.8. The Balaban J connectivity index is 3.51. The lowest BCUT2D eigenvalue weighted by Gasteiger charge is -2.18. The van der Waals surface area contributed by atoms with E-state index in [1.54, 1.807) is 0 Å². The molecule has 0 aromatic heterocycles. The van der Waals surface area contributed by atoms with Gasteiger partial charge < -0.3 is 5.32 Å². The van der Waals surface area contributed by atoms with Crippen LogP contribution in [0.2, 0.25) is 0 Å². The monoisotopic (exact) mass is 171 g/mol. The Hall–Kier alpha value is -0.530. The molecule has 1 N–H and O–H groups in total. The Morgan fingerprint density at radius 1 is 1.33 bits per heavy atom. The Kier molecular flexibility index (Phi) is 4.29. The third-order valence-electron chi connectivity index (χ3n) is 1.70. The molecular formula is C10H21NO. The smallest absolute Gasteiger partial charge is 0.222 e. The summed E-state index contributed by atoms with van der Waals surface area (Å²) in [6.07, 6.45) is 1.03. The molecule has 0 aliphatic rings. The van der Waals surface area contributed by atoms with Crippen LogP contribution >= 0.6 is 0 Å². The van der Waals surface area contributed by atoms with Gasteiger partial charge in [0.25, 0.3) is 0 Å². The van der Waals surface area contributed by atoms with E-state index in [0.717, 1.165) is 13.0 Å². The molecule has 0 aliphatic heterocycles. The summed E-state index contributed by atoms with van der Waals surface area (Å²) in [6.45, 7) is 11.1. The molecule has 0 radical (unpaired) electrons. The topological polar surface area (TPSA) is 29.1 Å². The minimum Gasteiger partial charge on any atom is -0.356 e. The van der Waals surface area contributed by atoms with Crippen LogP contribution < -0.4 is 5.32 Å². The second kappa shape index (κ2) is 4.48. The number of rotatable bonds is 3. The molecule has 0 aromatic rings. The molecule has 0 atom stereocenters. The minimum absolute atomic E-state index is 0.102. The van der Waals surface area contributed by atoms with E-state index in [4.69, 9.17) is 0 Å². The molecule has 2 nitrogen and oxygen atoms in total. The average Bonchev–Trinajstić information content (AvgIpc) is 1.84. The second-order valence-electron chi connectivity index (χ2n) is 4.76. The van der Waals surface area contributed by atoms with Gasteiger partial charge in [-0.05, 0) is 11.8 Å². The summed E-state index contributed by atoms with van der Waals surface area (Å²) in [4.78, 5) is 11.1. The number of amides is 1. The summed E-state index contributed by atoms with van der Waals surface area (Å²) in [6, 6.07) is 0. The van der Waals surface area contributed by atoms with Crippen molar-refractivity contribution in [3.05, 3.63) is 0 Å². The van der Waals surface area contributed by atoms with E-state index >= 15 is 0 Å². The first kappa shape index (κ1) is 11.5. The molecule has 0 saturated carbocycles. The number of carbonyl (C=O) groups is 1. The van der Waals surface area contributed by atoms with Gasteiger partial charge in [0.1, 0.15) is 0 Å². The summed E-state index contributed by atoms with van der Waals surface area (Å²) in [7, 11) is 0. The molecule has 0 unspecified atom stereocenters. The van der Waals surface area contributed by atoms with Crippen LogP contribution in [0.5, 0.6) is 0 Å². The summed E-state index contributed by atoms with van der Waals surface area (Å²) in [5, 5.41) is 2.90. The van der Waals surface area contributed by atoms with E-state index in [-0.39, 0.29) is 11.8 Å². The molecule has 0 spiro atoms. The van der Waals surface area contributed by atoms with Gasteiger partial charge in [-0.25, -0.2) is 0 Å². The Labute approximate surface area is 75.7 Å². The predicted molar refractivity (Wildman–Crippen MR) is 51.9 cm³/mol.